The van der Waals surface area contributed by atoms with Crippen LogP contribution in [0.1, 0.15) is 5.56 Å². The second-order valence-electron chi connectivity index (χ2n) is 2.60. The predicted octanol–water partition coefficient (Wildman–Crippen LogP) is 2.53. The van der Waals surface area contributed by atoms with E-state index in [0.29, 0.717) is 3.57 Å². The highest BCUT2D eigenvalue weighted by Crippen LogP contribution is 2.25. The van der Waals surface area contributed by atoms with Gasteiger partial charge in [-0.15, -0.1) is 11.6 Å². The molecule has 2 N–H and O–H groups in total. The second-order valence-corrected chi connectivity index (χ2v) is 4.03. The second kappa shape index (κ2) is 5.28. The van der Waals surface area contributed by atoms with Crippen molar-refractivity contribution in [2.24, 2.45) is 10.7 Å². The zero-order valence-electron chi connectivity index (χ0n) is 7.47. The van der Waals surface area contributed by atoms with Crippen LogP contribution in [0.4, 0.5) is 10.1 Å². The van der Waals surface area contributed by atoms with Crippen LogP contribution in [0.5, 0.6) is 0 Å². The molecule has 1 aromatic rings. The fraction of sp³-hybridized carbons (Fsp3) is 0.111. The summed E-state index contributed by atoms with van der Waals surface area (Å²) in [5, 5.41) is 8.77. The first-order chi connectivity index (χ1) is 7.10. The van der Waals surface area contributed by atoms with Crippen molar-refractivity contribution in [3.05, 3.63) is 27.1 Å². The van der Waals surface area contributed by atoms with Crippen molar-refractivity contribution in [2.45, 2.75) is 0 Å². The molecule has 0 aliphatic heterocycles. The molecule has 1 aromatic carbocycles. The molecule has 0 unspecified atom stereocenters. The number of nitriles is 1. The molecule has 0 saturated heterocycles. The Morgan fingerprint density at radius 1 is 1.67 bits per heavy atom. The Morgan fingerprint density at radius 2 is 2.33 bits per heavy atom. The molecular weight excluding hydrogens is 331 g/mol. The number of benzene rings is 1. The van der Waals surface area contributed by atoms with Crippen LogP contribution in [0.2, 0.25) is 0 Å². The molecule has 0 fully saturated rings. The van der Waals surface area contributed by atoms with Gasteiger partial charge in [-0.2, -0.15) is 5.26 Å². The molecule has 0 aliphatic carbocycles. The summed E-state index contributed by atoms with van der Waals surface area (Å²) in [6.45, 7) is 0. The summed E-state index contributed by atoms with van der Waals surface area (Å²) < 4.78 is 13.8. The number of nitrogens with two attached hydrogens (primary N) is 1. The lowest BCUT2D eigenvalue weighted by molar-refractivity contribution is 0.617. The molecule has 0 radical (unpaired) electrons. The van der Waals surface area contributed by atoms with Crippen LogP contribution in [0.15, 0.2) is 17.1 Å². The number of hydrogen-bond acceptors (Lipinski definition) is 2. The topological polar surface area (TPSA) is 62.2 Å². The van der Waals surface area contributed by atoms with E-state index in [9.17, 15) is 4.39 Å². The van der Waals surface area contributed by atoms with Crippen LogP contribution in [-0.2, 0) is 0 Å². The van der Waals surface area contributed by atoms with Gasteiger partial charge in [-0.3, -0.25) is 0 Å². The summed E-state index contributed by atoms with van der Waals surface area (Å²) >= 11 is 7.24. The van der Waals surface area contributed by atoms with Crippen molar-refractivity contribution in [2.75, 3.05) is 5.88 Å². The smallest absolute Gasteiger partial charge is 0.156 e. The van der Waals surface area contributed by atoms with E-state index in [-0.39, 0.29) is 23.0 Å². The summed E-state index contributed by atoms with van der Waals surface area (Å²) in [5.41, 5.74) is 5.49. The summed E-state index contributed by atoms with van der Waals surface area (Å²) in [4.78, 5) is 3.85. The predicted molar refractivity (Wildman–Crippen MR) is 65.8 cm³/mol. The van der Waals surface area contributed by atoms with Crippen molar-refractivity contribution in [1.82, 2.24) is 0 Å². The minimum atomic E-state index is -0.582. The zero-order valence-corrected chi connectivity index (χ0v) is 10.4. The molecular formula is C9H6ClFIN3. The Hall–Kier alpha value is -0.870. The van der Waals surface area contributed by atoms with Gasteiger partial charge in [0, 0.05) is 0 Å². The van der Waals surface area contributed by atoms with Gasteiger partial charge in [0.05, 0.1) is 15.1 Å². The van der Waals surface area contributed by atoms with Crippen LogP contribution in [0.3, 0.4) is 0 Å². The van der Waals surface area contributed by atoms with E-state index in [1.54, 1.807) is 28.7 Å². The number of rotatable bonds is 2. The Labute approximate surface area is 105 Å². The van der Waals surface area contributed by atoms with Crippen molar-refractivity contribution >= 4 is 45.7 Å². The molecule has 0 aliphatic rings. The lowest BCUT2D eigenvalue weighted by Gasteiger charge is -2.02. The van der Waals surface area contributed by atoms with Crippen LogP contribution in [-0.4, -0.2) is 11.7 Å². The van der Waals surface area contributed by atoms with E-state index in [2.05, 4.69) is 4.99 Å². The van der Waals surface area contributed by atoms with Crippen LogP contribution < -0.4 is 5.73 Å². The van der Waals surface area contributed by atoms with Gasteiger partial charge >= 0.3 is 0 Å². The third-order valence-electron chi connectivity index (χ3n) is 1.59. The average Bonchev–Trinajstić information content (AvgIpc) is 2.24. The van der Waals surface area contributed by atoms with Crippen LogP contribution in [0, 0.1) is 20.7 Å². The van der Waals surface area contributed by atoms with Crippen molar-refractivity contribution < 1.29 is 4.39 Å². The molecule has 0 spiro atoms. The van der Waals surface area contributed by atoms with Crippen LogP contribution in [0.25, 0.3) is 0 Å². The quantitative estimate of drug-likeness (QED) is 0.390. The van der Waals surface area contributed by atoms with Crippen molar-refractivity contribution in [3.63, 3.8) is 0 Å². The lowest BCUT2D eigenvalue weighted by atomic mass is 10.2. The third-order valence-corrected chi connectivity index (χ3v) is 2.69. The Balaban J connectivity index is 3.33. The number of aliphatic imine (C=N–C) groups is 1. The zero-order chi connectivity index (χ0) is 11.4. The number of amidine groups is 1. The van der Waals surface area contributed by atoms with Gasteiger partial charge < -0.3 is 5.73 Å². The standard InChI is InChI=1S/C9H6ClFIN3/c10-3-8(14)15-7-2-1-6(12)9(11)5(7)4-13/h1-2H,3H2,(H2,14,15). The molecule has 0 amide bonds. The third kappa shape index (κ3) is 2.79. The molecule has 0 bridgehead atoms. The van der Waals surface area contributed by atoms with Gasteiger partial charge in [-0.05, 0) is 34.7 Å². The summed E-state index contributed by atoms with van der Waals surface area (Å²) in [6, 6.07) is 4.80. The van der Waals surface area contributed by atoms with E-state index >= 15 is 0 Å². The molecule has 0 atom stereocenters. The molecule has 78 valence electrons. The molecule has 1 rings (SSSR count). The Kier molecular flexibility index (Phi) is 4.29. The summed E-state index contributed by atoms with van der Waals surface area (Å²) in [5.74, 6) is -0.395. The largest absolute Gasteiger partial charge is 0.386 e. The Bertz CT molecular complexity index is 453. The molecule has 0 saturated carbocycles. The minimum Gasteiger partial charge on any atom is -0.386 e. The van der Waals surface area contributed by atoms with Crippen molar-refractivity contribution in [3.8, 4) is 6.07 Å². The molecule has 3 nitrogen and oxygen atoms in total. The highest BCUT2D eigenvalue weighted by Gasteiger charge is 2.11. The minimum absolute atomic E-state index is 0.0402. The van der Waals surface area contributed by atoms with E-state index in [1.807, 2.05) is 0 Å². The van der Waals surface area contributed by atoms with Gasteiger partial charge in [0.25, 0.3) is 0 Å². The normalized spacial score (nSPS) is 11.2. The molecule has 15 heavy (non-hydrogen) atoms. The number of alkyl halides is 1. The molecule has 0 aromatic heterocycles. The van der Waals surface area contributed by atoms with Gasteiger partial charge in [-0.1, -0.05) is 0 Å². The van der Waals surface area contributed by atoms with E-state index in [4.69, 9.17) is 22.6 Å². The van der Waals surface area contributed by atoms with E-state index < -0.39 is 5.82 Å². The summed E-state index contributed by atoms with van der Waals surface area (Å²) in [7, 11) is 0. The number of hydrogen-bond donors (Lipinski definition) is 1. The molecule has 0 heterocycles. The highest BCUT2D eigenvalue weighted by atomic mass is 127. The van der Waals surface area contributed by atoms with Gasteiger partial charge in [0.1, 0.15) is 17.5 Å². The summed E-state index contributed by atoms with van der Waals surface area (Å²) in [6.07, 6.45) is 0. The SMILES string of the molecule is N#Cc1c(N=C(N)CCl)ccc(I)c1F. The fourth-order valence-electron chi connectivity index (χ4n) is 0.925. The van der Waals surface area contributed by atoms with E-state index in [1.165, 1.54) is 12.1 Å². The van der Waals surface area contributed by atoms with Crippen LogP contribution >= 0.6 is 34.2 Å². The van der Waals surface area contributed by atoms with E-state index in [0.717, 1.165) is 0 Å². The maximum atomic E-state index is 13.4. The maximum absolute atomic E-state index is 13.4. The number of halogens is 3. The molecule has 6 heteroatoms. The average molecular weight is 338 g/mol. The monoisotopic (exact) mass is 337 g/mol. The Morgan fingerprint density at radius 3 is 2.87 bits per heavy atom. The first-order valence-electron chi connectivity index (χ1n) is 3.87. The van der Waals surface area contributed by atoms with Gasteiger partial charge in [-0.25, -0.2) is 9.38 Å². The highest BCUT2D eigenvalue weighted by molar-refractivity contribution is 14.1. The fourth-order valence-corrected chi connectivity index (χ4v) is 1.43. The van der Waals surface area contributed by atoms with Crippen molar-refractivity contribution in [1.29, 1.82) is 5.26 Å². The van der Waals surface area contributed by atoms with Gasteiger partial charge in [0.15, 0.2) is 5.82 Å². The maximum Gasteiger partial charge on any atom is 0.156 e. The van der Waals surface area contributed by atoms with Gasteiger partial charge in [0.2, 0.25) is 0 Å². The lowest BCUT2D eigenvalue weighted by Crippen LogP contribution is -2.12. The number of nitrogens with zero attached hydrogens (tertiary/aromatic N) is 2. The first-order valence-corrected chi connectivity index (χ1v) is 5.48. The first kappa shape index (κ1) is 12.2.